The van der Waals surface area contributed by atoms with Crippen LogP contribution in [0.3, 0.4) is 0 Å². The SMILES string of the molecule is CC1(C)OB(c2ccc(Cn3cnc4c(=S)nc[nH]c43)cc2)OC1(C)C.CC1(C)OB(c2ccc(Cn3cnc4c(SC(c5ccccc5)c5ccccc5)ncnc43)cc2)OC1(C)C.S=c1nc[nH]c2nc[nH]c12.[CH3-].[CH3-].[CH3-].[Y].[Y].[Y].c1ccc(C(Sc2ncnc3nc[nH]c23)c2ccccc2)cc1. The molecule has 20 nitrogen and oxygen atoms in total. The molecule has 0 spiro atoms. The Bertz CT molecular complexity index is 5030. The third-order valence-electron chi connectivity index (χ3n) is 17.8. The van der Waals surface area contributed by atoms with Crippen molar-refractivity contribution in [3.63, 3.8) is 0 Å². The van der Waals surface area contributed by atoms with E-state index >= 15 is 0 Å². The molecule has 0 bridgehead atoms. The van der Waals surface area contributed by atoms with Gasteiger partial charge in [0.15, 0.2) is 26.2 Å². The molecule has 525 valence electrons. The first kappa shape index (κ1) is 85.2. The van der Waals surface area contributed by atoms with Gasteiger partial charge < -0.3 is 70.0 Å². The molecular weight excluding hydrogens is 1610 g/mol. The van der Waals surface area contributed by atoms with E-state index in [4.69, 9.17) is 48.0 Å². The van der Waals surface area contributed by atoms with Crippen molar-refractivity contribution in [3.05, 3.63) is 285 Å². The van der Waals surface area contributed by atoms with Crippen LogP contribution in [0.1, 0.15) is 99.3 Å². The number of rotatable bonds is 14. The van der Waals surface area contributed by atoms with E-state index in [2.05, 4.69) is 270 Å². The molecule has 104 heavy (non-hydrogen) atoms. The summed E-state index contributed by atoms with van der Waals surface area (Å²) in [6, 6.07) is 58.7. The summed E-state index contributed by atoms with van der Waals surface area (Å²) in [7, 11) is -0.710. The van der Waals surface area contributed by atoms with Crippen LogP contribution in [0.25, 0.3) is 44.7 Å². The van der Waals surface area contributed by atoms with Gasteiger partial charge >= 0.3 is 14.2 Å². The molecular formula is C75H79B2N16O4S4Y3-3. The number of H-pyrrole nitrogens is 4. The second-order valence-corrected chi connectivity index (χ2v) is 28.4. The standard InChI is InChI=1S/C31H31BN4O2S.C18H21BN4O2S.C18H14N4S.C5H4N4S.3CH3.3Y/c1-30(2)31(3,4)38-32(37-30)25-17-15-22(16-18-25)19-36-21-35-26-28(36)33-20-34-29(26)39-27(23-11-7-5-8-12-23)24-13-9-6-10-14-24;1-17(2)18(3,4)25-19(24-17)13-7-5-12(6-8-13)9-23-11-22-14-15(23)20-10-21-16(14)26;1-3-7-13(8-4-1)16(14-9-5-2-6-10-14)23-18-15-17(20-11-19-15)21-12-22-18;10-5-3-4(7-1-6-3)8-2-9-5;;;;;;/h5-18,20-21,27H,19H2,1-4H3;5-8,10-11H,9H2,1-4H3,(H,20,21,26);1-12,16H,(H,19,20,21,22);1-2H,(H2,6,7,8,9,10);3*1H3;;;/q;;;;3*-1;;;. The van der Waals surface area contributed by atoms with Crippen LogP contribution in [0.15, 0.2) is 231 Å². The summed E-state index contributed by atoms with van der Waals surface area (Å²) < 4.78 is 29.8. The van der Waals surface area contributed by atoms with Crippen molar-refractivity contribution in [3.8, 4) is 0 Å². The third-order valence-corrected chi connectivity index (χ3v) is 21.0. The largest absolute Gasteiger partial charge is 0.494 e. The first-order valence-corrected chi connectivity index (χ1v) is 34.4. The van der Waals surface area contributed by atoms with E-state index in [1.165, 1.54) is 28.6 Å². The van der Waals surface area contributed by atoms with Crippen LogP contribution in [-0.2, 0) is 130 Å². The Morgan fingerprint density at radius 1 is 0.404 bits per heavy atom. The fourth-order valence-electron chi connectivity index (χ4n) is 11.0. The number of benzene rings is 6. The molecule has 14 aromatic rings. The maximum Gasteiger partial charge on any atom is 0.494 e. The molecule has 16 rings (SSSR count). The Morgan fingerprint density at radius 3 is 1.29 bits per heavy atom. The van der Waals surface area contributed by atoms with Gasteiger partial charge in [0.25, 0.3) is 0 Å². The minimum Gasteiger partial charge on any atom is -0.399 e. The quantitative estimate of drug-likeness (QED) is 0.0260. The van der Waals surface area contributed by atoms with Gasteiger partial charge in [-0.05, 0) is 99.7 Å². The summed E-state index contributed by atoms with van der Waals surface area (Å²) >= 11 is 13.5. The first-order valence-electron chi connectivity index (χ1n) is 31.8. The fourth-order valence-corrected chi connectivity index (χ4v) is 13.8. The smallest absolute Gasteiger partial charge is 0.399 e. The summed E-state index contributed by atoms with van der Waals surface area (Å²) in [5, 5.41) is 2.04. The van der Waals surface area contributed by atoms with Crippen LogP contribution in [0, 0.1) is 31.6 Å². The average Bonchev–Trinajstić information content (AvgIpc) is 1.62. The van der Waals surface area contributed by atoms with Crippen molar-refractivity contribution in [2.45, 2.75) is 111 Å². The second kappa shape index (κ2) is 37.7. The van der Waals surface area contributed by atoms with Gasteiger partial charge in [-0.2, -0.15) is 0 Å². The summed E-state index contributed by atoms with van der Waals surface area (Å²) in [5.74, 6) is 0. The molecule has 2 saturated heterocycles. The number of nitrogens with zero attached hydrogens (tertiary/aromatic N) is 12. The molecule has 6 aromatic carbocycles. The molecule has 2 aliphatic heterocycles. The molecule has 8 aromatic heterocycles. The summed E-state index contributed by atoms with van der Waals surface area (Å²) in [4.78, 5) is 55.1. The predicted molar refractivity (Wildman–Crippen MR) is 412 cm³/mol. The number of aromatic amines is 4. The van der Waals surface area contributed by atoms with Crippen LogP contribution in [-0.4, -0.2) is 116 Å². The minimum atomic E-state index is -0.368. The number of hydrogen-bond donors (Lipinski definition) is 4. The summed E-state index contributed by atoms with van der Waals surface area (Å²) in [5.41, 5.74) is 14.2. The van der Waals surface area contributed by atoms with Gasteiger partial charge in [-0.15, -0.1) is 0 Å². The van der Waals surface area contributed by atoms with Gasteiger partial charge in [0.05, 0.1) is 84.0 Å². The predicted octanol–water partition coefficient (Wildman–Crippen LogP) is 15.5. The molecule has 0 amide bonds. The number of fused-ring (bicyclic) bond motifs is 4. The van der Waals surface area contributed by atoms with Gasteiger partial charge in [-0.25, -0.2) is 49.8 Å². The molecule has 3 radical (unpaired) electrons. The van der Waals surface area contributed by atoms with E-state index in [1.807, 2.05) is 35.2 Å². The normalized spacial score (nSPS) is 14.2. The topological polar surface area (TPSA) is 239 Å². The molecule has 0 saturated carbocycles. The van der Waals surface area contributed by atoms with Gasteiger partial charge in [0.2, 0.25) is 0 Å². The number of nitrogens with one attached hydrogen (secondary N) is 4. The van der Waals surface area contributed by atoms with E-state index in [0.29, 0.717) is 28.0 Å². The summed E-state index contributed by atoms with van der Waals surface area (Å²) in [6.45, 7) is 17.9. The Balaban J connectivity index is 0.000000204. The monoisotopic (exact) mass is 1680 g/mol. The molecule has 4 N–H and O–H groups in total. The average molecular weight is 1690 g/mol. The van der Waals surface area contributed by atoms with Crippen LogP contribution in [0.4, 0.5) is 0 Å². The maximum absolute atomic E-state index is 6.21. The number of hydrogen-bond acceptors (Lipinski definition) is 18. The number of thioether (sulfide) groups is 2. The van der Waals surface area contributed by atoms with E-state index in [9.17, 15) is 0 Å². The zero-order valence-electron chi connectivity index (χ0n) is 59.9. The molecule has 0 atom stereocenters. The van der Waals surface area contributed by atoms with Crippen LogP contribution >= 0.6 is 48.0 Å². The Labute approximate surface area is 702 Å². The van der Waals surface area contributed by atoms with Crippen molar-refractivity contribution in [2.24, 2.45) is 0 Å². The zero-order chi connectivity index (χ0) is 68.0. The van der Waals surface area contributed by atoms with Crippen LogP contribution in [0.5, 0.6) is 0 Å². The molecule has 10 heterocycles. The van der Waals surface area contributed by atoms with E-state index in [-0.39, 0.29) is 168 Å². The number of aromatic nitrogens is 16. The van der Waals surface area contributed by atoms with E-state index in [1.54, 1.807) is 61.5 Å². The molecule has 29 heteroatoms. The van der Waals surface area contributed by atoms with Gasteiger partial charge in [-0.3, -0.25) is 0 Å². The Morgan fingerprint density at radius 2 is 0.798 bits per heavy atom. The molecule has 0 aliphatic carbocycles. The Kier molecular flexibility index (Phi) is 30.8. The number of imidazole rings is 4. The Hall–Kier alpha value is -6.06. The fraction of sp³-hybridized carbons (Fsp3) is 0.213. The van der Waals surface area contributed by atoms with Crippen molar-refractivity contribution >= 4 is 118 Å². The molecule has 2 fully saturated rings. The maximum atomic E-state index is 6.21. The minimum absolute atomic E-state index is 0. The van der Waals surface area contributed by atoms with Crippen LogP contribution < -0.4 is 10.9 Å². The second-order valence-electron chi connectivity index (χ2n) is 25.4. The van der Waals surface area contributed by atoms with Crippen LogP contribution in [0.2, 0.25) is 0 Å². The zero-order valence-corrected chi connectivity index (χ0v) is 71.7. The van der Waals surface area contributed by atoms with Gasteiger partial charge in [0.1, 0.15) is 50.4 Å². The van der Waals surface area contributed by atoms with E-state index < -0.39 is 0 Å². The van der Waals surface area contributed by atoms with Crippen molar-refractivity contribution in [1.82, 2.24) is 78.9 Å². The van der Waals surface area contributed by atoms with E-state index in [0.717, 1.165) is 71.1 Å². The molecule has 0 unspecified atom stereocenters. The van der Waals surface area contributed by atoms with Gasteiger partial charge in [-0.1, -0.05) is 218 Å². The third kappa shape index (κ3) is 19.6. The van der Waals surface area contributed by atoms with Gasteiger partial charge in [0, 0.05) is 98.1 Å². The van der Waals surface area contributed by atoms with Crippen molar-refractivity contribution < 1.29 is 117 Å². The molecule has 2 aliphatic rings. The van der Waals surface area contributed by atoms with Crippen molar-refractivity contribution in [2.75, 3.05) is 0 Å². The summed E-state index contributed by atoms with van der Waals surface area (Å²) in [6.07, 6.45) is 13.2. The first-order chi connectivity index (χ1) is 47.4. The van der Waals surface area contributed by atoms with Crippen molar-refractivity contribution in [1.29, 1.82) is 0 Å².